The van der Waals surface area contributed by atoms with Crippen molar-refractivity contribution in [1.82, 2.24) is 9.29 Å². The second kappa shape index (κ2) is 6.74. The Kier molecular flexibility index (Phi) is 4.92. The normalized spacial score (nSPS) is 21.9. The molecule has 1 aromatic carbocycles. The number of sulfonamides is 1. The fraction of sp³-hybridized carbons (Fsp3) is 0.450. The molecular formula is C20H25FN2O2S. The number of benzene rings is 1. The van der Waals surface area contributed by atoms with E-state index in [4.69, 9.17) is 0 Å². The average molecular weight is 376 g/mol. The highest BCUT2D eigenvalue weighted by molar-refractivity contribution is 7.89. The summed E-state index contributed by atoms with van der Waals surface area (Å²) in [5, 5.41) is 0. The van der Waals surface area contributed by atoms with Gasteiger partial charge in [0.15, 0.2) is 0 Å². The fourth-order valence-electron chi connectivity index (χ4n) is 3.55. The molecule has 1 saturated heterocycles. The van der Waals surface area contributed by atoms with E-state index in [9.17, 15) is 12.8 Å². The van der Waals surface area contributed by atoms with Crippen LogP contribution in [0, 0.1) is 11.7 Å². The molecule has 2 unspecified atom stereocenters. The van der Waals surface area contributed by atoms with Crippen LogP contribution < -0.4 is 0 Å². The maximum absolute atomic E-state index is 14.6. The zero-order chi connectivity index (χ0) is 19.1. The highest BCUT2D eigenvalue weighted by Crippen LogP contribution is 2.39. The van der Waals surface area contributed by atoms with E-state index in [-0.39, 0.29) is 22.3 Å². The summed E-state index contributed by atoms with van der Waals surface area (Å²) >= 11 is 0. The van der Waals surface area contributed by atoms with Crippen molar-refractivity contribution in [2.75, 3.05) is 6.54 Å². The van der Waals surface area contributed by atoms with Gasteiger partial charge in [0.1, 0.15) is 5.82 Å². The fourth-order valence-corrected chi connectivity index (χ4v) is 5.31. The Morgan fingerprint density at radius 3 is 2.54 bits per heavy atom. The highest BCUT2D eigenvalue weighted by atomic mass is 32.2. The Morgan fingerprint density at radius 1 is 1.23 bits per heavy atom. The molecule has 0 saturated carbocycles. The van der Waals surface area contributed by atoms with Crippen LogP contribution in [-0.2, 0) is 15.4 Å². The Morgan fingerprint density at radius 2 is 1.96 bits per heavy atom. The van der Waals surface area contributed by atoms with Gasteiger partial charge >= 0.3 is 0 Å². The number of pyridine rings is 1. The van der Waals surface area contributed by atoms with Gasteiger partial charge in [-0.05, 0) is 47.1 Å². The van der Waals surface area contributed by atoms with Crippen molar-refractivity contribution in [1.29, 1.82) is 0 Å². The van der Waals surface area contributed by atoms with Gasteiger partial charge in [-0.15, -0.1) is 0 Å². The molecule has 2 atom stereocenters. The zero-order valence-electron chi connectivity index (χ0n) is 15.6. The van der Waals surface area contributed by atoms with Gasteiger partial charge < -0.3 is 0 Å². The largest absolute Gasteiger partial charge is 0.264 e. The summed E-state index contributed by atoms with van der Waals surface area (Å²) in [6, 6.07) is 7.68. The van der Waals surface area contributed by atoms with E-state index in [0.29, 0.717) is 12.1 Å². The summed E-state index contributed by atoms with van der Waals surface area (Å²) in [7, 11) is -3.79. The van der Waals surface area contributed by atoms with E-state index in [1.807, 2.05) is 33.8 Å². The third kappa shape index (κ3) is 3.53. The lowest BCUT2D eigenvalue weighted by molar-refractivity contribution is 0.393. The molecule has 2 heterocycles. The van der Waals surface area contributed by atoms with Gasteiger partial charge in [-0.2, -0.15) is 4.31 Å². The molecule has 140 valence electrons. The Labute approximate surface area is 155 Å². The van der Waals surface area contributed by atoms with Crippen molar-refractivity contribution < 1.29 is 12.8 Å². The second-order valence-electron chi connectivity index (χ2n) is 8.11. The van der Waals surface area contributed by atoms with Crippen molar-refractivity contribution in [3.63, 3.8) is 0 Å². The lowest BCUT2D eigenvalue weighted by atomic mass is 9.87. The number of hydrogen-bond acceptors (Lipinski definition) is 3. The number of nitrogens with zero attached hydrogens (tertiary/aromatic N) is 2. The Hall–Kier alpha value is -1.79. The molecule has 0 amide bonds. The van der Waals surface area contributed by atoms with Crippen LogP contribution in [-0.4, -0.2) is 24.3 Å². The summed E-state index contributed by atoms with van der Waals surface area (Å²) in [4.78, 5) is 4.12. The maximum atomic E-state index is 14.6. The highest BCUT2D eigenvalue weighted by Gasteiger charge is 2.39. The molecule has 0 bridgehead atoms. The minimum atomic E-state index is -3.79. The molecular weight excluding hydrogens is 351 g/mol. The third-order valence-corrected chi connectivity index (χ3v) is 6.76. The molecule has 26 heavy (non-hydrogen) atoms. The van der Waals surface area contributed by atoms with Crippen LogP contribution >= 0.6 is 0 Å². The summed E-state index contributed by atoms with van der Waals surface area (Å²) in [5.74, 6) is -0.252. The lowest BCUT2D eigenvalue weighted by Crippen LogP contribution is -2.31. The van der Waals surface area contributed by atoms with Crippen LogP contribution in [0.3, 0.4) is 0 Å². The number of halogens is 1. The van der Waals surface area contributed by atoms with Gasteiger partial charge in [0.05, 0.1) is 10.9 Å². The second-order valence-corrected chi connectivity index (χ2v) is 10.00. The van der Waals surface area contributed by atoms with Crippen molar-refractivity contribution in [2.45, 2.75) is 50.5 Å². The Bertz CT molecular complexity index is 892. The van der Waals surface area contributed by atoms with E-state index in [1.165, 1.54) is 10.4 Å². The van der Waals surface area contributed by atoms with Crippen LogP contribution in [0.25, 0.3) is 0 Å². The summed E-state index contributed by atoms with van der Waals surface area (Å²) in [5.41, 5.74) is 0.995. The van der Waals surface area contributed by atoms with E-state index in [0.717, 1.165) is 18.1 Å². The van der Waals surface area contributed by atoms with Gasteiger partial charge in [-0.1, -0.05) is 39.8 Å². The zero-order valence-corrected chi connectivity index (χ0v) is 16.4. The molecule has 3 rings (SSSR count). The SMILES string of the molecule is CC1CC(c2cccnc2)N(S(=O)(=O)c2ccc(C(C)(C)C)c(F)c2)C1. The van der Waals surface area contributed by atoms with Crippen molar-refractivity contribution in [2.24, 2.45) is 5.92 Å². The van der Waals surface area contributed by atoms with E-state index in [2.05, 4.69) is 4.98 Å². The molecule has 0 spiro atoms. The Balaban J connectivity index is 2.00. The molecule has 1 aliphatic rings. The first-order chi connectivity index (χ1) is 12.1. The molecule has 1 fully saturated rings. The first kappa shape index (κ1) is 19.0. The number of rotatable bonds is 3. The minimum Gasteiger partial charge on any atom is -0.264 e. The van der Waals surface area contributed by atoms with Gasteiger partial charge in [-0.3, -0.25) is 4.98 Å². The van der Waals surface area contributed by atoms with Crippen LogP contribution in [0.4, 0.5) is 4.39 Å². The van der Waals surface area contributed by atoms with Gasteiger partial charge in [-0.25, -0.2) is 12.8 Å². The van der Waals surface area contributed by atoms with Gasteiger partial charge in [0, 0.05) is 18.9 Å². The first-order valence-corrected chi connectivity index (χ1v) is 10.3. The maximum Gasteiger partial charge on any atom is 0.243 e. The molecule has 1 aromatic heterocycles. The van der Waals surface area contributed by atoms with E-state index < -0.39 is 15.8 Å². The standard InChI is InChI=1S/C20H25FN2O2S/c1-14-10-19(15-6-5-9-22-12-15)23(13-14)26(24,25)16-7-8-17(18(21)11-16)20(2,3)4/h5-9,11-12,14,19H,10,13H2,1-4H3. The van der Waals surface area contributed by atoms with Crippen LogP contribution in [0.2, 0.25) is 0 Å². The summed E-state index contributed by atoms with van der Waals surface area (Å²) in [6.45, 7) is 8.16. The topological polar surface area (TPSA) is 50.3 Å². The molecule has 4 nitrogen and oxygen atoms in total. The summed E-state index contributed by atoms with van der Waals surface area (Å²) < 4.78 is 42.5. The van der Waals surface area contributed by atoms with Gasteiger partial charge in [0.25, 0.3) is 0 Å². The van der Waals surface area contributed by atoms with E-state index in [1.54, 1.807) is 24.5 Å². The molecule has 2 aromatic rings. The van der Waals surface area contributed by atoms with Crippen molar-refractivity contribution >= 4 is 10.0 Å². The lowest BCUT2D eigenvalue weighted by Gasteiger charge is -2.25. The first-order valence-electron chi connectivity index (χ1n) is 8.82. The van der Waals surface area contributed by atoms with Crippen LogP contribution in [0.5, 0.6) is 0 Å². The van der Waals surface area contributed by atoms with Crippen LogP contribution in [0.1, 0.15) is 51.3 Å². The predicted octanol–water partition coefficient (Wildman–Crippen LogP) is 4.29. The van der Waals surface area contributed by atoms with Crippen LogP contribution in [0.15, 0.2) is 47.6 Å². The van der Waals surface area contributed by atoms with Gasteiger partial charge in [0.2, 0.25) is 10.0 Å². The monoisotopic (exact) mass is 376 g/mol. The predicted molar refractivity (Wildman–Crippen MR) is 99.8 cm³/mol. The van der Waals surface area contributed by atoms with Crippen molar-refractivity contribution in [3.8, 4) is 0 Å². The quantitative estimate of drug-likeness (QED) is 0.803. The smallest absolute Gasteiger partial charge is 0.243 e. The third-order valence-electron chi connectivity index (χ3n) is 4.89. The molecule has 6 heteroatoms. The van der Waals surface area contributed by atoms with Crippen molar-refractivity contribution in [3.05, 3.63) is 59.7 Å². The molecule has 0 N–H and O–H groups in total. The number of hydrogen-bond donors (Lipinski definition) is 0. The van der Waals surface area contributed by atoms with E-state index >= 15 is 0 Å². The molecule has 0 aliphatic carbocycles. The number of aromatic nitrogens is 1. The molecule has 1 aliphatic heterocycles. The summed E-state index contributed by atoms with van der Waals surface area (Å²) in [6.07, 6.45) is 4.10. The average Bonchev–Trinajstić information content (AvgIpc) is 2.97. The molecule has 0 radical (unpaired) electrons. The minimum absolute atomic E-state index is 0.00555.